The number of carbonyl (C=O) groups is 1. The topological polar surface area (TPSA) is 98.6 Å². The molecule has 8 nitrogen and oxygen atoms in total. The van der Waals surface area contributed by atoms with Crippen molar-refractivity contribution in [1.29, 1.82) is 5.26 Å². The molecule has 0 N–H and O–H groups in total. The molecule has 0 saturated heterocycles. The summed E-state index contributed by atoms with van der Waals surface area (Å²) in [5.74, 6) is 0.668. The minimum Gasteiger partial charge on any atom is -0.334 e. The Hall–Kier alpha value is -3.99. The van der Waals surface area contributed by atoms with E-state index in [4.69, 9.17) is 4.84 Å². The highest BCUT2D eigenvalue weighted by atomic mass is 16.7. The highest BCUT2D eigenvalue weighted by molar-refractivity contribution is 5.91. The molecule has 0 unspecified atom stereocenters. The Labute approximate surface area is 229 Å². The Morgan fingerprint density at radius 1 is 1.15 bits per heavy atom. The van der Waals surface area contributed by atoms with Gasteiger partial charge in [-0.05, 0) is 62.1 Å². The minimum absolute atomic E-state index is 0.0656. The molecule has 1 aromatic carbocycles. The van der Waals surface area contributed by atoms with E-state index in [1.54, 1.807) is 12.4 Å². The third kappa shape index (κ3) is 5.44. The van der Waals surface area contributed by atoms with Crippen LogP contribution in [0.2, 0.25) is 0 Å². The molecular formula is C31H36N6O2. The monoisotopic (exact) mass is 524 g/mol. The highest BCUT2D eigenvalue weighted by Crippen LogP contribution is 2.37. The van der Waals surface area contributed by atoms with Gasteiger partial charge in [0, 0.05) is 23.3 Å². The number of aromatic nitrogens is 5. The SMILES string of the molecule is CC(C)Cc1ccc(C(C)(C)C(=O)On2ccc3c(-c4cnn([C@H](CC#N)C5CCCC5)c4)ncnc32)cc1. The van der Waals surface area contributed by atoms with E-state index >= 15 is 0 Å². The third-order valence-corrected chi connectivity index (χ3v) is 7.92. The molecule has 0 bridgehead atoms. The Morgan fingerprint density at radius 2 is 1.90 bits per heavy atom. The lowest BCUT2D eigenvalue weighted by Crippen LogP contribution is -2.37. The Balaban J connectivity index is 1.37. The molecule has 0 spiro atoms. The van der Waals surface area contributed by atoms with Crippen LogP contribution in [-0.4, -0.2) is 30.4 Å². The Kier molecular flexibility index (Phi) is 7.51. The molecule has 0 aliphatic heterocycles. The van der Waals surface area contributed by atoms with Crippen molar-refractivity contribution >= 4 is 17.0 Å². The molecule has 1 saturated carbocycles. The summed E-state index contributed by atoms with van der Waals surface area (Å²) < 4.78 is 3.34. The van der Waals surface area contributed by atoms with Crippen LogP contribution in [-0.2, 0) is 16.6 Å². The van der Waals surface area contributed by atoms with E-state index in [9.17, 15) is 10.1 Å². The molecule has 39 heavy (non-hydrogen) atoms. The van der Waals surface area contributed by atoms with E-state index in [1.807, 2.05) is 42.9 Å². The van der Waals surface area contributed by atoms with E-state index < -0.39 is 5.41 Å². The van der Waals surface area contributed by atoms with Crippen molar-refractivity contribution in [3.05, 3.63) is 66.4 Å². The van der Waals surface area contributed by atoms with Gasteiger partial charge in [-0.1, -0.05) is 51.0 Å². The normalized spacial score (nSPS) is 15.1. The third-order valence-electron chi connectivity index (χ3n) is 7.92. The number of benzene rings is 1. The quantitative estimate of drug-likeness (QED) is 0.263. The standard InChI is InChI=1S/C31H36N6O2/c1-21(2)17-22-9-11-25(12-10-22)31(3,4)30(38)39-37-16-14-26-28(33-20-34-29(26)37)24-18-35-36(19-24)27(13-15-32)23-7-5-6-8-23/h9-12,14,16,18-21,23,27H,5-8,13,17H2,1-4H3/t27-/m1/s1. The van der Waals surface area contributed by atoms with Crippen LogP contribution in [0.25, 0.3) is 22.3 Å². The fourth-order valence-electron chi connectivity index (χ4n) is 5.64. The lowest BCUT2D eigenvalue weighted by Gasteiger charge is -2.23. The maximum Gasteiger partial charge on any atom is 0.342 e. The summed E-state index contributed by atoms with van der Waals surface area (Å²) in [5, 5.41) is 14.8. The maximum atomic E-state index is 13.3. The summed E-state index contributed by atoms with van der Waals surface area (Å²) in [4.78, 5) is 28.1. The van der Waals surface area contributed by atoms with Crippen LogP contribution in [0.5, 0.6) is 0 Å². The molecule has 3 heterocycles. The van der Waals surface area contributed by atoms with E-state index in [1.165, 1.54) is 29.5 Å². The molecule has 3 aromatic heterocycles. The smallest absolute Gasteiger partial charge is 0.334 e. The zero-order valence-corrected chi connectivity index (χ0v) is 23.2. The Bertz CT molecular complexity index is 1490. The van der Waals surface area contributed by atoms with Gasteiger partial charge < -0.3 is 4.84 Å². The number of fused-ring (bicyclic) bond motifs is 1. The van der Waals surface area contributed by atoms with Gasteiger partial charge in [0.15, 0.2) is 5.65 Å². The van der Waals surface area contributed by atoms with Crippen LogP contribution in [0.1, 0.15) is 77.0 Å². The number of hydrogen-bond donors (Lipinski definition) is 0. The van der Waals surface area contributed by atoms with E-state index in [-0.39, 0.29) is 12.0 Å². The van der Waals surface area contributed by atoms with Crippen molar-refractivity contribution in [2.75, 3.05) is 0 Å². The zero-order valence-electron chi connectivity index (χ0n) is 23.2. The number of hydrogen-bond acceptors (Lipinski definition) is 6. The van der Waals surface area contributed by atoms with Crippen LogP contribution in [0.15, 0.2) is 55.2 Å². The first-order valence-corrected chi connectivity index (χ1v) is 13.8. The predicted octanol–water partition coefficient (Wildman–Crippen LogP) is 6.07. The van der Waals surface area contributed by atoms with Gasteiger partial charge in [0.1, 0.15) is 6.33 Å². The van der Waals surface area contributed by atoms with Gasteiger partial charge in [0.25, 0.3) is 0 Å². The predicted molar refractivity (Wildman–Crippen MR) is 150 cm³/mol. The van der Waals surface area contributed by atoms with E-state index in [2.05, 4.69) is 47.1 Å². The van der Waals surface area contributed by atoms with Gasteiger partial charge in [-0.15, -0.1) is 0 Å². The summed E-state index contributed by atoms with van der Waals surface area (Å²) >= 11 is 0. The average Bonchev–Trinajstić information content (AvgIpc) is 3.69. The fourth-order valence-corrected chi connectivity index (χ4v) is 5.64. The molecular weight excluding hydrogens is 488 g/mol. The first kappa shape index (κ1) is 26.6. The Morgan fingerprint density at radius 3 is 2.59 bits per heavy atom. The molecule has 202 valence electrons. The first-order valence-electron chi connectivity index (χ1n) is 13.8. The van der Waals surface area contributed by atoms with Gasteiger partial charge in [-0.25, -0.2) is 14.8 Å². The van der Waals surface area contributed by atoms with Gasteiger partial charge in [-0.2, -0.15) is 15.1 Å². The maximum absolute atomic E-state index is 13.3. The minimum atomic E-state index is -0.847. The van der Waals surface area contributed by atoms with Crippen LogP contribution >= 0.6 is 0 Å². The summed E-state index contributed by atoms with van der Waals surface area (Å²) in [6.45, 7) is 8.13. The van der Waals surface area contributed by atoms with Gasteiger partial charge in [-0.3, -0.25) is 4.68 Å². The first-order chi connectivity index (χ1) is 18.8. The molecule has 1 atom stereocenters. The van der Waals surface area contributed by atoms with Crippen LogP contribution in [0, 0.1) is 23.2 Å². The summed E-state index contributed by atoms with van der Waals surface area (Å²) in [5.41, 5.74) is 3.36. The van der Waals surface area contributed by atoms with Crippen LogP contribution < -0.4 is 4.84 Å². The molecule has 0 radical (unpaired) electrons. The second-order valence-electron chi connectivity index (χ2n) is 11.6. The van der Waals surface area contributed by atoms with E-state index in [0.29, 0.717) is 29.6 Å². The summed E-state index contributed by atoms with van der Waals surface area (Å²) in [6.07, 6.45) is 13.0. The zero-order chi connectivity index (χ0) is 27.6. The number of nitriles is 1. The number of rotatable bonds is 9. The summed E-state index contributed by atoms with van der Waals surface area (Å²) in [7, 11) is 0. The lowest BCUT2D eigenvalue weighted by molar-refractivity contribution is -0.149. The van der Waals surface area contributed by atoms with Gasteiger partial charge in [0.05, 0.1) is 35.8 Å². The van der Waals surface area contributed by atoms with Gasteiger partial charge >= 0.3 is 5.97 Å². The van der Waals surface area contributed by atoms with Crippen molar-refractivity contribution in [3.8, 4) is 17.3 Å². The molecule has 1 aliphatic rings. The lowest BCUT2D eigenvalue weighted by atomic mass is 9.84. The number of nitrogens with zero attached hydrogens (tertiary/aromatic N) is 6. The van der Waals surface area contributed by atoms with Crippen LogP contribution in [0.3, 0.4) is 0 Å². The van der Waals surface area contributed by atoms with Crippen molar-refractivity contribution in [1.82, 2.24) is 24.5 Å². The number of carbonyl (C=O) groups excluding carboxylic acids is 1. The average molecular weight is 525 g/mol. The second-order valence-corrected chi connectivity index (χ2v) is 11.6. The van der Waals surface area contributed by atoms with Gasteiger partial charge in [0.2, 0.25) is 0 Å². The molecule has 1 fully saturated rings. The van der Waals surface area contributed by atoms with Crippen LogP contribution in [0.4, 0.5) is 0 Å². The molecule has 8 heteroatoms. The van der Waals surface area contributed by atoms with Crippen molar-refractivity contribution < 1.29 is 9.63 Å². The molecule has 0 amide bonds. The fraction of sp³-hybridized carbons (Fsp3) is 0.452. The van der Waals surface area contributed by atoms with Crippen molar-refractivity contribution in [2.45, 2.75) is 77.7 Å². The highest BCUT2D eigenvalue weighted by Gasteiger charge is 2.33. The second kappa shape index (κ2) is 11.0. The van der Waals surface area contributed by atoms with E-state index in [0.717, 1.165) is 35.8 Å². The molecule has 4 aromatic rings. The molecule has 1 aliphatic carbocycles. The summed E-state index contributed by atoms with van der Waals surface area (Å²) in [6, 6.07) is 12.5. The van der Waals surface area contributed by atoms with Crippen molar-refractivity contribution in [3.63, 3.8) is 0 Å². The largest absolute Gasteiger partial charge is 0.342 e. The molecule has 5 rings (SSSR count). The van der Waals surface area contributed by atoms with Crippen molar-refractivity contribution in [2.24, 2.45) is 11.8 Å².